The summed E-state index contributed by atoms with van der Waals surface area (Å²) in [5, 5.41) is 0. The molecule has 0 spiro atoms. The molecule has 0 fully saturated rings. The summed E-state index contributed by atoms with van der Waals surface area (Å²) in [6.07, 6.45) is 2.38. The molecule has 1 unspecified atom stereocenters. The lowest BCUT2D eigenvalue weighted by Crippen LogP contribution is -2.41. The Balaban J connectivity index is 2.60. The predicted molar refractivity (Wildman–Crippen MR) is 79.6 cm³/mol. The summed E-state index contributed by atoms with van der Waals surface area (Å²) < 4.78 is 0. The van der Waals surface area contributed by atoms with E-state index in [1.54, 1.807) is 0 Å². The minimum atomic E-state index is 0.459. The van der Waals surface area contributed by atoms with Crippen molar-refractivity contribution in [1.82, 2.24) is 4.90 Å². The Morgan fingerprint density at radius 3 is 2.11 bits per heavy atom. The molecule has 0 aliphatic rings. The Hall–Kier alpha value is -0.860. The fourth-order valence-corrected chi connectivity index (χ4v) is 2.47. The average Bonchev–Trinajstić information content (AvgIpc) is 2.32. The van der Waals surface area contributed by atoms with Crippen LogP contribution in [-0.2, 0) is 13.0 Å². The van der Waals surface area contributed by atoms with Crippen molar-refractivity contribution in [3.05, 3.63) is 35.4 Å². The molecule has 0 saturated heterocycles. The molecule has 1 aromatic rings. The van der Waals surface area contributed by atoms with Crippen molar-refractivity contribution in [2.24, 2.45) is 11.7 Å². The molecule has 0 aliphatic heterocycles. The van der Waals surface area contributed by atoms with Crippen molar-refractivity contribution in [3.63, 3.8) is 0 Å². The Labute approximate surface area is 112 Å². The van der Waals surface area contributed by atoms with Gasteiger partial charge in [0, 0.05) is 19.1 Å². The van der Waals surface area contributed by atoms with Crippen LogP contribution in [0.2, 0.25) is 0 Å². The van der Waals surface area contributed by atoms with Crippen LogP contribution in [0.25, 0.3) is 0 Å². The van der Waals surface area contributed by atoms with E-state index >= 15 is 0 Å². The lowest BCUT2D eigenvalue weighted by molar-refractivity contribution is 0.190. The predicted octanol–water partition coefficient (Wildman–Crippen LogP) is 3.05. The quantitative estimate of drug-likeness (QED) is 0.803. The number of likely N-dealkylation sites (N-methyl/N-ethyl adjacent to an activating group) is 1. The number of benzene rings is 1. The fourth-order valence-electron chi connectivity index (χ4n) is 2.47. The van der Waals surface area contributed by atoms with Gasteiger partial charge in [0.05, 0.1) is 0 Å². The fraction of sp³-hybridized carbons (Fsp3) is 0.625. The van der Waals surface area contributed by atoms with E-state index in [4.69, 9.17) is 5.73 Å². The van der Waals surface area contributed by atoms with E-state index in [1.165, 1.54) is 24.0 Å². The second-order valence-electron chi connectivity index (χ2n) is 5.53. The molecule has 1 aromatic carbocycles. The van der Waals surface area contributed by atoms with Crippen molar-refractivity contribution < 1.29 is 0 Å². The minimum Gasteiger partial charge on any atom is -0.329 e. The molecule has 0 radical (unpaired) electrons. The van der Waals surface area contributed by atoms with E-state index in [-0.39, 0.29) is 0 Å². The van der Waals surface area contributed by atoms with Gasteiger partial charge in [-0.2, -0.15) is 0 Å². The van der Waals surface area contributed by atoms with Crippen LogP contribution in [0.15, 0.2) is 24.3 Å². The summed E-state index contributed by atoms with van der Waals surface area (Å²) in [5.74, 6) is 0.597. The van der Waals surface area contributed by atoms with E-state index < -0.39 is 0 Å². The highest BCUT2D eigenvalue weighted by atomic mass is 15.1. The van der Waals surface area contributed by atoms with E-state index in [0.29, 0.717) is 12.0 Å². The van der Waals surface area contributed by atoms with E-state index in [9.17, 15) is 0 Å². The Bertz CT molecular complexity index is 329. The summed E-state index contributed by atoms with van der Waals surface area (Å²) in [4.78, 5) is 2.36. The highest BCUT2D eigenvalue weighted by Gasteiger charge is 2.16. The zero-order valence-electron chi connectivity index (χ0n) is 12.3. The first kappa shape index (κ1) is 15.2. The topological polar surface area (TPSA) is 29.3 Å². The maximum Gasteiger partial charge on any atom is 0.0241 e. The van der Waals surface area contributed by atoms with Gasteiger partial charge in [-0.25, -0.2) is 0 Å². The monoisotopic (exact) mass is 248 g/mol. The second kappa shape index (κ2) is 7.55. The molecule has 0 aromatic heterocycles. The van der Waals surface area contributed by atoms with Gasteiger partial charge in [-0.1, -0.05) is 51.5 Å². The number of nitrogens with zero attached hydrogens (tertiary/aromatic N) is 1. The molecule has 0 amide bonds. The van der Waals surface area contributed by atoms with Gasteiger partial charge in [-0.05, 0) is 30.5 Å². The van der Waals surface area contributed by atoms with Gasteiger partial charge in [0.1, 0.15) is 0 Å². The van der Waals surface area contributed by atoms with Crippen molar-refractivity contribution >= 4 is 0 Å². The highest BCUT2D eigenvalue weighted by Crippen LogP contribution is 2.13. The average molecular weight is 248 g/mol. The van der Waals surface area contributed by atoms with Crippen LogP contribution >= 0.6 is 0 Å². The van der Waals surface area contributed by atoms with E-state index in [1.807, 2.05) is 0 Å². The van der Waals surface area contributed by atoms with Crippen LogP contribution in [0.1, 0.15) is 38.3 Å². The van der Waals surface area contributed by atoms with E-state index in [2.05, 4.69) is 57.0 Å². The normalized spacial score (nSPS) is 13.3. The van der Waals surface area contributed by atoms with Crippen LogP contribution in [0.5, 0.6) is 0 Å². The molecular formula is C16H28N2. The van der Waals surface area contributed by atoms with Crippen molar-refractivity contribution in [3.8, 4) is 0 Å². The third-order valence-corrected chi connectivity index (χ3v) is 3.57. The first-order valence-electron chi connectivity index (χ1n) is 7.06. The maximum atomic E-state index is 5.85. The molecule has 0 bridgehead atoms. The molecule has 1 atom stereocenters. The number of aryl methyl sites for hydroxylation is 1. The molecule has 0 aliphatic carbocycles. The Morgan fingerprint density at radius 1 is 1.11 bits per heavy atom. The van der Waals surface area contributed by atoms with Crippen molar-refractivity contribution in [2.75, 3.05) is 13.6 Å². The summed E-state index contributed by atoms with van der Waals surface area (Å²) in [5.41, 5.74) is 8.66. The van der Waals surface area contributed by atoms with Crippen LogP contribution in [0, 0.1) is 5.92 Å². The molecule has 0 saturated carbocycles. The molecule has 2 N–H and O–H groups in total. The summed E-state index contributed by atoms with van der Waals surface area (Å²) in [7, 11) is 2.16. The minimum absolute atomic E-state index is 0.459. The van der Waals surface area contributed by atoms with Gasteiger partial charge in [0.25, 0.3) is 0 Å². The van der Waals surface area contributed by atoms with Crippen LogP contribution in [0.4, 0.5) is 0 Å². The van der Waals surface area contributed by atoms with Crippen LogP contribution in [-0.4, -0.2) is 24.5 Å². The van der Waals surface area contributed by atoms with Crippen molar-refractivity contribution in [1.29, 1.82) is 0 Å². The van der Waals surface area contributed by atoms with Crippen molar-refractivity contribution in [2.45, 2.75) is 46.2 Å². The lowest BCUT2D eigenvalue weighted by Gasteiger charge is -2.30. The Morgan fingerprint density at radius 2 is 1.67 bits per heavy atom. The Kier molecular flexibility index (Phi) is 6.37. The van der Waals surface area contributed by atoms with Gasteiger partial charge < -0.3 is 5.73 Å². The number of hydrogen-bond donors (Lipinski definition) is 1. The molecule has 2 heteroatoms. The second-order valence-corrected chi connectivity index (χ2v) is 5.53. The zero-order chi connectivity index (χ0) is 13.5. The summed E-state index contributed by atoms with van der Waals surface area (Å²) in [6, 6.07) is 9.45. The van der Waals surface area contributed by atoms with Crippen LogP contribution in [0.3, 0.4) is 0 Å². The SMILES string of the molecule is CCCc1ccc(CN(C)C(CN)C(C)C)cc1. The van der Waals surface area contributed by atoms with Gasteiger partial charge in [0.15, 0.2) is 0 Å². The number of nitrogens with two attached hydrogens (primary N) is 1. The molecule has 0 heterocycles. The highest BCUT2D eigenvalue weighted by molar-refractivity contribution is 5.22. The third-order valence-electron chi connectivity index (χ3n) is 3.57. The first-order valence-corrected chi connectivity index (χ1v) is 7.06. The lowest BCUT2D eigenvalue weighted by atomic mass is 10.0. The van der Waals surface area contributed by atoms with Gasteiger partial charge in [-0.3, -0.25) is 4.90 Å². The smallest absolute Gasteiger partial charge is 0.0241 e. The van der Waals surface area contributed by atoms with Gasteiger partial charge in [-0.15, -0.1) is 0 Å². The molecule has 1 rings (SSSR count). The molecular weight excluding hydrogens is 220 g/mol. The van der Waals surface area contributed by atoms with Gasteiger partial charge in [0.2, 0.25) is 0 Å². The molecule has 2 nitrogen and oxygen atoms in total. The number of rotatable bonds is 7. The largest absolute Gasteiger partial charge is 0.329 e. The maximum absolute atomic E-state index is 5.85. The zero-order valence-corrected chi connectivity index (χ0v) is 12.3. The summed E-state index contributed by atoms with van der Waals surface area (Å²) in [6.45, 7) is 8.39. The third kappa shape index (κ3) is 4.43. The number of hydrogen-bond acceptors (Lipinski definition) is 2. The first-order chi connectivity index (χ1) is 8.58. The van der Waals surface area contributed by atoms with E-state index in [0.717, 1.165) is 13.1 Å². The molecule has 18 heavy (non-hydrogen) atoms. The molecule has 102 valence electrons. The summed E-state index contributed by atoms with van der Waals surface area (Å²) >= 11 is 0. The standard InChI is InChI=1S/C16H28N2/c1-5-6-14-7-9-15(10-8-14)12-18(4)16(11-17)13(2)3/h7-10,13,16H,5-6,11-12,17H2,1-4H3. The van der Waals surface area contributed by atoms with Crippen LogP contribution < -0.4 is 5.73 Å². The van der Waals surface area contributed by atoms with Gasteiger partial charge >= 0.3 is 0 Å².